The number of benzene rings is 1. The number of ether oxygens (including phenoxy) is 1. The highest BCUT2D eigenvalue weighted by Crippen LogP contribution is 2.21. The summed E-state index contributed by atoms with van der Waals surface area (Å²) in [4.78, 5) is 10.9. The summed E-state index contributed by atoms with van der Waals surface area (Å²) in [6, 6.07) is 7.70. The number of hydrazine groups is 1. The minimum Gasteiger partial charge on any atom is -0.439 e. The van der Waals surface area contributed by atoms with Crippen molar-refractivity contribution in [1.82, 2.24) is 10.9 Å². The van der Waals surface area contributed by atoms with Gasteiger partial charge in [-0.05, 0) is 17.7 Å². The molecule has 1 fully saturated rings. The summed E-state index contributed by atoms with van der Waals surface area (Å²) in [5, 5.41) is 0. The third-order valence-corrected chi connectivity index (χ3v) is 2.44. The fraction of sp³-hybridized carbons (Fsp3) is 0.222. The van der Waals surface area contributed by atoms with Crippen LogP contribution in [0, 0.1) is 0 Å². The normalized spacial score (nSPS) is 21.2. The second kappa shape index (κ2) is 3.98. The molecule has 1 aliphatic rings. The Labute approximate surface area is 89.7 Å². The maximum Gasteiger partial charge on any atom is 0.422 e. The highest BCUT2D eigenvalue weighted by molar-refractivity contribution is 9.10. The van der Waals surface area contributed by atoms with Gasteiger partial charge in [-0.3, -0.25) is 5.43 Å². The van der Waals surface area contributed by atoms with Gasteiger partial charge in [-0.25, -0.2) is 10.2 Å². The number of carbonyl (C=O) groups excluding carboxylic acids is 1. The van der Waals surface area contributed by atoms with Gasteiger partial charge in [0.1, 0.15) is 6.10 Å². The van der Waals surface area contributed by atoms with Gasteiger partial charge in [-0.15, -0.1) is 0 Å². The molecule has 1 aromatic carbocycles. The van der Waals surface area contributed by atoms with Crippen LogP contribution in [0.3, 0.4) is 0 Å². The Morgan fingerprint density at radius 2 is 2.36 bits per heavy atom. The van der Waals surface area contributed by atoms with Gasteiger partial charge in [-0.1, -0.05) is 28.1 Å². The SMILES string of the molecule is O=C1NNCC(c2cccc(Br)c2)O1. The van der Waals surface area contributed by atoms with E-state index in [4.69, 9.17) is 4.74 Å². The van der Waals surface area contributed by atoms with E-state index in [1.165, 1.54) is 0 Å². The van der Waals surface area contributed by atoms with Crippen LogP contribution in [0.15, 0.2) is 28.7 Å². The predicted molar refractivity (Wildman–Crippen MR) is 54.5 cm³/mol. The number of cyclic esters (lactones) is 1. The van der Waals surface area contributed by atoms with Crippen molar-refractivity contribution in [3.8, 4) is 0 Å². The van der Waals surface area contributed by atoms with Crippen molar-refractivity contribution < 1.29 is 9.53 Å². The van der Waals surface area contributed by atoms with Crippen LogP contribution in [0.4, 0.5) is 4.79 Å². The van der Waals surface area contributed by atoms with Gasteiger partial charge in [0.05, 0.1) is 6.54 Å². The van der Waals surface area contributed by atoms with Crippen molar-refractivity contribution in [2.75, 3.05) is 6.54 Å². The van der Waals surface area contributed by atoms with E-state index < -0.39 is 6.09 Å². The molecule has 0 spiro atoms. The lowest BCUT2D eigenvalue weighted by Crippen LogP contribution is -2.46. The number of hydrogen-bond acceptors (Lipinski definition) is 3. The van der Waals surface area contributed by atoms with E-state index in [0.717, 1.165) is 10.0 Å². The van der Waals surface area contributed by atoms with Crippen molar-refractivity contribution in [3.63, 3.8) is 0 Å². The van der Waals surface area contributed by atoms with E-state index in [1.54, 1.807) is 0 Å². The largest absolute Gasteiger partial charge is 0.439 e. The third kappa shape index (κ3) is 2.05. The van der Waals surface area contributed by atoms with Gasteiger partial charge in [0.25, 0.3) is 0 Å². The van der Waals surface area contributed by atoms with Crippen molar-refractivity contribution >= 4 is 22.0 Å². The lowest BCUT2D eigenvalue weighted by molar-refractivity contribution is 0.0678. The molecule has 1 aromatic rings. The molecule has 0 saturated carbocycles. The van der Waals surface area contributed by atoms with Crippen LogP contribution in [0.1, 0.15) is 11.7 Å². The highest BCUT2D eigenvalue weighted by atomic mass is 79.9. The summed E-state index contributed by atoms with van der Waals surface area (Å²) in [5.41, 5.74) is 6.11. The zero-order chi connectivity index (χ0) is 9.97. The molecule has 1 saturated heterocycles. The van der Waals surface area contributed by atoms with Gasteiger partial charge >= 0.3 is 6.09 Å². The van der Waals surface area contributed by atoms with Gasteiger partial charge in [0.15, 0.2) is 0 Å². The first kappa shape index (κ1) is 9.48. The monoisotopic (exact) mass is 256 g/mol. The minimum atomic E-state index is -0.443. The molecule has 0 radical (unpaired) electrons. The molecule has 1 heterocycles. The number of amides is 1. The molecule has 0 bridgehead atoms. The zero-order valence-corrected chi connectivity index (χ0v) is 8.87. The lowest BCUT2D eigenvalue weighted by atomic mass is 10.1. The summed E-state index contributed by atoms with van der Waals surface area (Å²) in [7, 11) is 0. The Kier molecular flexibility index (Phi) is 2.69. The molecule has 1 unspecified atom stereocenters. The second-order valence-electron chi connectivity index (χ2n) is 2.95. The molecule has 74 valence electrons. The van der Waals surface area contributed by atoms with Crippen molar-refractivity contribution in [2.45, 2.75) is 6.10 Å². The van der Waals surface area contributed by atoms with Crippen LogP contribution in [0.25, 0.3) is 0 Å². The maximum absolute atomic E-state index is 10.9. The van der Waals surface area contributed by atoms with Crippen LogP contribution >= 0.6 is 15.9 Å². The first-order chi connectivity index (χ1) is 6.75. The molecular weight excluding hydrogens is 248 g/mol. The van der Waals surface area contributed by atoms with E-state index in [9.17, 15) is 4.79 Å². The molecule has 0 aromatic heterocycles. The minimum absolute atomic E-state index is 0.221. The molecule has 1 amide bonds. The smallest absolute Gasteiger partial charge is 0.422 e. The summed E-state index contributed by atoms with van der Waals surface area (Å²) in [6.45, 7) is 0.572. The first-order valence-electron chi connectivity index (χ1n) is 4.20. The van der Waals surface area contributed by atoms with Crippen LogP contribution in [0.2, 0.25) is 0 Å². The van der Waals surface area contributed by atoms with Gasteiger partial charge in [0.2, 0.25) is 0 Å². The quantitative estimate of drug-likeness (QED) is 0.805. The highest BCUT2D eigenvalue weighted by Gasteiger charge is 2.20. The number of nitrogens with one attached hydrogen (secondary N) is 2. The third-order valence-electron chi connectivity index (χ3n) is 1.95. The Morgan fingerprint density at radius 1 is 1.50 bits per heavy atom. The van der Waals surface area contributed by atoms with Gasteiger partial charge in [-0.2, -0.15) is 0 Å². The van der Waals surface area contributed by atoms with Crippen LogP contribution in [0.5, 0.6) is 0 Å². The summed E-state index contributed by atoms with van der Waals surface area (Å²) in [5.74, 6) is 0. The Bertz CT molecular complexity index is 356. The van der Waals surface area contributed by atoms with Gasteiger partial charge < -0.3 is 4.74 Å². The summed E-state index contributed by atoms with van der Waals surface area (Å²) in [6.07, 6.45) is -0.664. The average Bonchev–Trinajstić information content (AvgIpc) is 2.18. The Hall–Kier alpha value is -1.07. The molecule has 2 rings (SSSR count). The standard InChI is InChI=1S/C9H9BrN2O2/c10-7-3-1-2-6(4-7)8-5-11-12-9(13)14-8/h1-4,8,11H,5H2,(H,12,13). The van der Waals surface area contributed by atoms with Crippen LogP contribution in [-0.2, 0) is 4.74 Å². The van der Waals surface area contributed by atoms with E-state index in [-0.39, 0.29) is 6.10 Å². The van der Waals surface area contributed by atoms with E-state index >= 15 is 0 Å². The molecule has 0 aliphatic carbocycles. The molecule has 14 heavy (non-hydrogen) atoms. The molecule has 5 heteroatoms. The average molecular weight is 257 g/mol. The Morgan fingerprint density at radius 3 is 3.07 bits per heavy atom. The van der Waals surface area contributed by atoms with Crippen molar-refractivity contribution in [3.05, 3.63) is 34.3 Å². The van der Waals surface area contributed by atoms with E-state index in [0.29, 0.717) is 6.54 Å². The Balaban J connectivity index is 2.17. The van der Waals surface area contributed by atoms with Crippen molar-refractivity contribution in [2.24, 2.45) is 0 Å². The number of halogens is 1. The molecule has 1 aliphatic heterocycles. The molecule has 1 atom stereocenters. The predicted octanol–water partition coefficient (Wildman–Crippen LogP) is 1.73. The summed E-state index contributed by atoms with van der Waals surface area (Å²) >= 11 is 3.37. The maximum atomic E-state index is 10.9. The number of rotatable bonds is 1. The van der Waals surface area contributed by atoms with Crippen LogP contribution in [-0.4, -0.2) is 12.6 Å². The first-order valence-corrected chi connectivity index (χ1v) is 5.00. The molecular formula is C9H9BrN2O2. The van der Waals surface area contributed by atoms with Gasteiger partial charge in [0, 0.05) is 4.47 Å². The number of hydrogen-bond donors (Lipinski definition) is 2. The van der Waals surface area contributed by atoms with E-state index in [2.05, 4.69) is 26.8 Å². The molecule has 2 N–H and O–H groups in total. The van der Waals surface area contributed by atoms with Crippen LogP contribution < -0.4 is 10.9 Å². The van der Waals surface area contributed by atoms with E-state index in [1.807, 2.05) is 24.3 Å². The van der Waals surface area contributed by atoms with Crippen molar-refractivity contribution in [1.29, 1.82) is 0 Å². The summed E-state index contributed by atoms with van der Waals surface area (Å²) < 4.78 is 6.07. The lowest BCUT2D eigenvalue weighted by Gasteiger charge is -2.24. The number of carbonyl (C=O) groups is 1. The fourth-order valence-corrected chi connectivity index (χ4v) is 1.73. The zero-order valence-electron chi connectivity index (χ0n) is 7.29. The topological polar surface area (TPSA) is 50.4 Å². The molecule has 4 nitrogen and oxygen atoms in total. The fourth-order valence-electron chi connectivity index (χ4n) is 1.31. The second-order valence-corrected chi connectivity index (χ2v) is 3.87.